The number of hydrogen-bond acceptors (Lipinski definition) is 3. The van der Waals surface area contributed by atoms with E-state index >= 15 is 0 Å². The molecular formula is C15H16F3N3O2. The minimum absolute atomic E-state index is 0.0703. The lowest BCUT2D eigenvalue weighted by molar-refractivity contribution is 0.0903. The highest BCUT2D eigenvalue weighted by molar-refractivity contribution is 5.92. The van der Waals surface area contributed by atoms with Gasteiger partial charge in [0.1, 0.15) is 5.69 Å². The van der Waals surface area contributed by atoms with E-state index in [0.717, 1.165) is 12.1 Å². The molecule has 1 unspecified atom stereocenters. The van der Waals surface area contributed by atoms with Gasteiger partial charge >= 0.3 is 0 Å². The Morgan fingerprint density at radius 3 is 2.43 bits per heavy atom. The van der Waals surface area contributed by atoms with E-state index in [9.17, 15) is 23.1 Å². The summed E-state index contributed by atoms with van der Waals surface area (Å²) in [5.74, 6) is -4.95. The summed E-state index contributed by atoms with van der Waals surface area (Å²) >= 11 is 0. The molecule has 124 valence electrons. The number of nitrogens with one attached hydrogen (secondary N) is 1. The van der Waals surface area contributed by atoms with E-state index in [1.165, 1.54) is 16.9 Å². The maximum absolute atomic E-state index is 13.3. The van der Waals surface area contributed by atoms with Crippen molar-refractivity contribution in [1.29, 1.82) is 0 Å². The number of aromatic nitrogens is 2. The van der Waals surface area contributed by atoms with Gasteiger partial charge in [0.2, 0.25) is 0 Å². The molecule has 0 aliphatic heterocycles. The molecule has 0 radical (unpaired) electrons. The van der Waals surface area contributed by atoms with Crippen LogP contribution in [0, 0.1) is 17.5 Å². The summed E-state index contributed by atoms with van der Waals surface area (Å²) < 4.78 is 41.1. The molecule has 1 aromatic carbocycles. The highest BCUT2D eigenvalue weighted by Crippen LogP contribution is 2.20. The number of hydrogen-bond donors (Lipinski definition) is 2. The summed E-state index contributed by atoms with van der Waals surface area (Å²) in [6, 6.07) is 1.80. The topological polar surface area (TPSA) is 67.2 Å². The first kappa shape index (κ1) is 17.0. The molecular weight excluding hydrogens is 311 g/mol. The van der Waals surface area contributed by atoms with Crippen molar-refractivity contribution in [3.63, 3.8) is 0 Å². The molecule has 23 heavy (non-hydrogen) atoms. The summed E-state index contributed by atoms with van der Waals surface area (Å²) in [6.45, 7) is 3.06. The van der Waals surface area contributed by atoms with E-state index in [1.54, 1.807) is 0 Å². The van der Waals surface area contributed by atoms with Gasteiger partial charge in [-0.3, -0.25) is 9.48 Å². The van der Waals surface area contributed by atoms with Crippen LogP contribution in [0.15, 0.2) is 24.4 Å². The predicted molar refractivity (Wildman–Crippen MR) is 76.2 cm³/mol. The summed E-state index contributed by atoms with van der Waals surface area (Å²) in [4.78, 5) is 12.3. The fourth-order valence-corrected chi connectivity index (χ4v) is 2.15. The first-order valence-corrected chi connectivity index (χ1v) is 6.94. The Morgan fingerprint density at radius 1 is 1.30 bits per heavy atom. The van der Waals surface area contributed by atoms with E-state index in [4.69, 9.17) is 0 Å². The lowest BCUT2D eigenvalue weighted by Crippen LogP contribution is -2.33. The molecule has 1 aromatic heterocycles. The number of aliphatic hydroxyl groups is 1. The maximum atomic E-state index is 13.3. The minimum atomic E-state index is -1.60. The summed E-state index contributed by atoms with van der Waals surface area (Å²) in [5, 5.41) is 15.8. The number of aliphatic hydroxyl groups excluding tert-OH is 1. The number of benzene rings is 1. The maximum Gasteiger partial charge on any atom is 0.270 e. The van der Waals surface area contributed by atoms with Crippen molar-refractivity contribution in [2.24, 2.45) is 0 Å². The quantitative estimate of drug-likeness (QED) is 0.829. The molecule has 0 saturated carbocycles. The van der Waals surface area contributed by atoms with Crippen LogP contribution in [0.3, 0.4) is 0 Å². The Bertz CT molecular complexity index is 693. The third-order valence-electron chi connectivity index (χ3n) is 3.29. The van der Waals surface area contributed by atoms with Crippen LogP contribution in [0.1, 0.15) is 42.0 Å². The van der Waals surface area contributed by atoms with Gasteiger partial charge in [-0.2, -0.15) is 5.10 Å². The van der Waals surface area contributed by atoms with Crippen molar-refractivity contribution in [3.8, 4) is 0 Å². The average Bonchev–Trinajstić information content (AvgIpc) is 2.99. The second-order valence-electron chi connectivity index (χ2n) is 5.26. The molecule has 0 bridgehead atoms. The van der Waals surface area contributed by atoms with Crippen LogP contribution in [0.4, 0.5) is 13.2 Å². The van der Waals surface area contributed by atoms with Crippen LogP contribution in [-0.4, -0.2) is 27.4 Å². The van der Waals surface area contributed by atoms with Crippen molar-refractivity contribution < 1.29 is 23.1 Å². The van der Waals surface area contributed by atoms with E-state index in [2.05, 4.69) is 10.4 Å². The second-order valence-corrected chi connectivity index (χ2v) is 5.26. The normalized spacial score (nSPS) is 12.5. The van der Waals surface area contributed by atoms with Gasteiger partial charge in [0.15, 0.2) is 17.5 Å². The molecule has 0 spiro atoms. The standard InChI is InChI=1S/C15H16F3N3O2/c1-8(2)21-13(3-4-19-21)15(23)20-12(7-22)9-5-10(16)14(18)11(17)6-9/h3-6,8,12,22H,7H2,1-2H3,(H,20,23). The van der Waals surface area contributed by atoms with E-state index in [-0.39, 0.29) is 17.3 Å². The third-order valence-corrected chi connectivity index (χ3v) is 3.29. The van der Waals surface area contributed by atoms with Crippen molar-refractivity contribution in [2.45, 2.75) is 25.9 Å². The molecule has 1 heterocycles. The zero-order valence-corrected chi connectivity index (χ0v) is 12.6. The number of amides is 1. The molecule has 2 rings (SSSR count). The van der Waals surface area contributed by atoms with E-state index in [1.807, 2.05) is 13.8 Å². The summed E-state index contributed by atoms with van der Waals surface area (Å²) in [7, 11) is 0. The van der Waals surface area contributed by atoms with Gasteiger partial charge in [0, 0.05) is 12.2 Å². The number of carbonyl (C=O) groups excluding carboxylic acids is 1. The van der Waals surface area contributed by atoms with Crippen molar-refractivity contribution in [3.05, 3.63) is 53.1 Å². The van der Waals surface area contributed by atoms with E-state index in [0.29, 0.717) is 0 Å². The fourth-order valence-electron chi connectivity index (χ4n) is 2.15. The molecule has 0 fully saturated rings. The van der Waals surface area contributed by atoms with Gasteiger partial charge in [-0.25, -0.2) is 13.2 Å². The number of carbonyl (C=O) groups is 1. The minimum Gasteiger partial charge on any atom is -0.394 e. The Labute approximate surface area is 130 Å². The first-order valence-electron chi connectivity index (χ1n) is 6.94. The van der Waals surface area contributed by atoms with Crippen LogP contribution < -0.4 is 5.32 Å². The molecule has 2 N–H and O–H groups in total. The first-order chi connectivity index (χ1) is 10.8. The molecule has 0 aliphatic carbocycles. The van der Waals surface area contributed by atoms with Gasteiger partial charge < -0.3 is 10.4 Å². The second kappa shape index (κ2) is 6.82. The summed E-state index contributed by atoms with van der Waals surface area (Å²) in [5.41, 5.74) is 0.161. The zero-order valence-electron chi connectivity index (χ0n) is 12.6. The van der Waals surface area contributed by atoms with Gasteiger partial charge in [-0.15, -0.1) is 0 Å². The van der Waals surface area contributed by atoms with Crippen molar-refractivity contribution in [2.75, 3.05) is 6.61 Å². The van der Waals surface area contributed by atoms with Gasteiger partial charge in [0.25, 0.3) is 5.91 Å². The highest BCUT2D eigenvalue weighted by atomic mass is 19.2. The van der Waals surface area contributed by atoms with Crippen LogP contribution in [-0.2, 0) is 0 Å². The Balaban J connectivity index is 2.26. The van der Waals surface area contributed by atoms with Gasteiger partial charge in [0.05, 0.1) is 12.6 Å². The molecule has 1 amide bonds. The Morgan fingerprint density at radius 2 is 1.91 bits per heavy atom. The SMILES string of the molecule is CC(C)n1nccc1C(=O)NC(CO)c1cc(F)c(F)c(F)c1. The molecule has 2 aromatic rings. The average molecular weight is 327 g/mol. The Kier molecular flexibility index (Phi) is 5.05. The lowest BCUT2D eigenvalue weighted by atomic mass is 10.1. The number of nitrogens with zero attached hydrogens (tertiary/aromatic N) is 2. The molecule has 1 atom stereocenters. The molecule has 0 saturated heterocycles. The van der Waals surface area contributed by atoms with Crippen LogP contribution in [0.25, 0.3) is 0 Å². The van der Waals surface area contributed by atoms with Crippen molar-refractivity contribution >= 4 is 5.91 Å². The smallest absolute Gasteiger partial charge is 0.270 e. The van der Waals surface area contributed by atoms with Crippen LogP contribution in [0.2, 0.25) is 0 Å². The number of rotatable bonds is 5. The van der Waals surface area contributed by atoms with Gasteiger partial charge in [-0.1, -0.05) is 0 Å². The van der Waals surface area contributed by atoms with Crippen molar-refractivity contribution in [1.82, 2.24) is 15.1 Å². The van der Waals surface area contributed by atoms with Crippen LogP contribution in [0.5, 0.6) is 0 Å². The molecule has 0 aliphatic rings. The highest BCUT2D eigenvalue weighted by Gasteiger charge is 2.21. The largest absolute Gasteiger partial charge is 0.394 e. The van der Waals surface area contributed by atoms with Gasteiger partial charge in [-0.05, 0) is 37.6 Å². The molecule has 8 heteroatoms. The predicted octanol–water partition coefficient (Wildman–Crippen LogP) is 2.34. The third kappa shape index (κ3) is 3.53. The molecule has 5 nitrogen and oxygen atoms in total. The zero-order chi connectivity index (χ0) is 17.1. The monoisotopic (exact) mass is 327 g/mol. The number of halogens is 3. The Hall–Kier alpha value is -2.35. The van der Waals surface area contributed by atoms with E-state index < -0.39 is 36.0 Å². The summed E-state index contributed by atoms with van der Waals surface area (Å²) in [6.07, 6.45) is 1.44. The lowest BCUT2D eigenvalue weighted by Gasteiger charge is -2.18. The fraction of sp³-hybridized carbons (Fsp3) is 0.333. The van der Waals surface area contributed by atoms with Crippen LogP contribution >= 0.6 is 0 Å².